The number of carbonyl (C=O) groups excluding carboxylic acids is 6. The molecule has 12 aromatic carbocycles. The number of carbonyl (C=O) groups is 6. The minimum Gasteiger partial charge on any atom is -0.487 e. The van der Waals surface area contributed by atoms with Crippen LogP contribution in [0.5, 0.6) is 34.5 Å². The molecule has 0 aliphatic carbocycles. The second-order valence-corrected chi connectivity index (χ2v) is 33.4. The van der Waals surface area contributed by atoms with E-state index in [2.05, 4.69) is 61.8 Å². The first-order chi connectivity index (χ1) is 72.7. The van der Waals surface area contributed by atoms with Crippen LogP contribution >= 0.6 is 11.6 Å². The van der Waals surface area contributed by atoms with Gasteiger partial charge in [0.05, 0.1) is 78.9 Å². The number of hydrogen-bond acceptors (Lipinski definition) is 18. The Morgan fingerprint density at radius 3 is 0.873 bits per heavy atom. The van der Waals surface area contributed by atoms with Crippen LogP contribution in [0.4, 0.5) is 60.5 Å². The van der Waals surface area contributed by atoms with Gasteiger partial charge in [-0.2, -0.15) is 0 Å². The molecule has 0 spiro atoms. The summed E-state index contributed by atoms with van der Waals surface area (Å²) in [7, 11) is 0. The number of para-hydroxylation sites is 6. The summed E-state index contributed by atoms with van der Waals surface area (Å²) in [6, 6.07) is 110. The van der Waals surface area contributed by atoms with Crippen molar-refractivity contribution < 1.29 is 83.5 Å². The highest BCUT2D eigenvalue weighted by molar-refractivity contribution is 6.31. The number of rotatable bonds is 31. The van der Waals surface area contributed by atoms with Gasteiger partial charge in [0.1, 0.15) is 85.8 Å². The van der Waals surface area contributed by atoms with Crippen molar-refractivity contribution in [3.8, 4) is 34.5 Å². The summed E-state index contributed by atoms with van der Waals surface area (Å²) in [5.74, 6) is -3.58. The smallest absolute Gasteiger partial charge is 0.270 e. The maximum atomic E-state index is 13.8. The third-order valence-corrected chi connectivity index (χ3v) is 21.4. The van der Waals surface area contributed by atoms with E-state index in [1.165, 1.54) is 85.6 Å². The average molecular weight is 2040 g/mol. The molecule has 0 aliphatic heterocycles. The van der Waals surface area contributed by atoms with Gasteiger partial charge in [0.2, 0.25) is 0 Å². The lowest BCUT2D eigenvalue weighted by molar-refractivity contribution is 0.0174. The Balaban J connectivity index is 0.000000150. The van der Waals surface area contributed by atoms with Crippen molar-refractivity contribution >= 4 is 81.2 Å². The number of halogens is 7. The number of pyridine rings is 6. The van der Waals surface area contributed by atoms with E-state index in [9.17, 15) is 55.1 Å². The van der Waals surface area contributed by atoms with Gasteiger partial charge in [0, 0.05) is 77.4 Å². The molecule has 6 amide bonds. The van der Waals surface area contributed by atoms with Crippen LogP contribution in [0.25, 0.3) is 0 Å². The fourth-order valence-electron chi connectivity index (χ4n) is 13.3. The zero-order valence-electron chi connectivity index (χ0n) is 81.3. The normalized spacial score (nSPS) is 10.4. The molecule has 18 rings (SSSR count). The Bertz CT molecular complexity index is 7400. The largest absolute Gasteiger partial charge is 0.487 e. The van der Waals surface area contributed by atoms with Crippen molar-refractivity contribution in [3.63, 3.8) is 0 Å². The minimum atomic E-state index is -2.97. The molecule has 0 saturated carbocycles. The van der Waals surface area contributed by atoms with E-state index in [1.54, 1.807) is 135 Å². The summed E-state index contributed by atoms with van der Waals surface area (Å²) in [6.45, 7) is 8.23. The van der Waals surface area contributed by atoms with Crippen LogP contribution < -0.4 is 60.3 Å². The summed E-state index contributed by atoms with van der Waals surface area (Å²) in [5, 5.41) is 16.3. The monoisotopic (exact) mass is 2040 g/mol. The second-order valence-electron chi connectivity index (χ2n) is 33.0. The predicted octanol–water partition coefficient (Wildman–Crippen LogP) is 26.7. The lowest BCUT2D eigenvalue weighted by Crippen LogP contribution is -2.14. The molecular weight excluding hydrogens is 1940 g/mol. The van der Waals surface area contributed by atoms with Crippen LogP contribution in [0.1, 0.15) is 125 Å². The third-order valence-electron chi connectivity index (χ3n) is 21.2. The number of ether oxygens (including phenoxy) is 6. The Morgan fingerprint density at radius 2 is 0.560 bits per heavy atom. The van der Waals surface area contributed by atoms with E-state index in [-0.39, 0.29) is 59.3 Å². The van der Waals surface area contributed by atoms with Gasteiger partial charge in [0.15, 0.2) is 11.6 Å². The lowest BCUT2D eigenvalue weighted by Gasteiger charge is -2.12. The molecule has 31 heteroatoms. The molecule has 150 heavy (non-hydrogen) atoms. The highest BCUT2D eigenvalue weighted by Crippen LogP contribution is 2.31. The minimum absolute atomic E-state index is 0.145. The molecule has 24 nitrogen and oxygen atoms in total. The number of nitrogens with zero attached hydrogens (tertiary/aromatic N) is 6. The van der Waals surface area contributed by atoms with Crippen molar-refractivity contribution in [2.45, 2.75) is 73.3 Å². The molecule has 756 valence electrons. The topological polar surface area (TPSA) is 307 Å². The Kier molecular flexibility index (Phi) is 40.3. The fourth-order valence-corrected chi connectivity index (χ4v) is 13.5. The number of hydrogen-bond donors (Lipinski definition) is 6. The molecule has 18 aromatic rings. The molecule has 0 bridgehead atoms. The number of nitrogens with one attached hydrogen (secondary N) is 6. The molecule has 0 fully saturated rings. The lowest BCUT2D eigenvalue weighted by atomic mass is 10.1. The van der Waals surface area contributed by atoms with Gasteiger partial charge >= 0.3 is 0 Å². The van der Waals surface area contributed by atoms with Crippen molar-refractivity contribution in [1.29, 1.82) is 0 Å². The van der Waals surface area contributed by atoms with Crippen molar-refractivity contribution in [2.75, 3.05) is 31.9 Å². The number of alkyl halides is 2. The van der Waals surface area contributed by atoms with Gasteiger partial charge in [-0.1, -0.05) is 169 Å². The van der Waals surface area contributed by atoms with Crippen LogP contribution in [0.3, 0.4) is 0 Å². The standard InChI is InChI=1S/C21H18F2N2O2.2C20H17FN2O2.C20H18N2O2.C19H15ClN2O2.C19H14F2N2O2/c1-21(22,23)16-6-5-7-17(12-16)25-20(26)15-10-11-18(24-13-15)14-27-19-8-3-2-4-9-19;1-14-7-10-19(18(21)11-14)23-20(24)15-8-9-16(22-12-15)13-25-17-5-3-2-4-6-17;1-14-9-16(21)11-18(10-14)23-20(24)15-7-8-17(22-12-15)13-25-19-5-3-2-4-6-19;1-15-7-10-17(11-8-15)22-20(23)16-9-12-18(21-13-16)14-24-19-5-3-2-4-6-19;20-15-5-4-6-16(11-15)22-19(23)14-9-10-17(21-12-14)13-24-18-7-2-1-3-8-18;20-16-7-4-8-17(18(16)21)23-19(24)13-9-10-14(22-11-13)12-25-15-5-2-1-3-6-15/h2-13H,14H2,1H3,(H,25,26);2*2-12H,13H2,1H3,(H,23,24);2-13H,14H2,1H3,(H,22,23);1-12H,13H2,(H,22,23);1-11H,12H2,(H,23,24). The SMILES string of the molecule is CC(F)(F)c1cccc(NC(=O)c2ccc(COc3ccccc3)nc2)c1.Cc1cc(F)cc(NC(=O)c2ccc(COc3ccccc3)nc2)c1.Cc1ccc(NC(=O)c2ccc(COc3ccccc3)nc2)c(F)c1.Cc1ccc(NC(=O)c2ccc(COc3ccccc3)nc2)cc1.O=C(Nc1cccc(Cl)c1)c1ccc(COc2ccccc2)nc1.O=C(Nc1cccc(F)c1F)c1ccc(COc2ccccc2)nc1. The van der Waals surface area contributed by atoms with Crippen LogP contribution in [-0.2, 0) is 45.6 Å². The van der Waals surface area contributed by atoms with E-state index >= 15 is 0 Å². The average Bonchev–Trinajstić information content (AvgIpc) is 0.838. The van der Waals surface area contributed by atoms with Gasteiger partial charge in [0.25, 0.3) is 41.4 Å². The van der Waals surface area contributed by atoms with E-state index in [0.29, 0.717) is 105 Å². The summed E-state index contributed by atoms with van der Waals surface area (Å²) >= 11 is 5.90. The molecule has 0 aliphatic rings. The fraction of sp³-hybridized carbons (Fsp3) is 0.0924. The molecule has 6 N–H and O–H groups in total. The number of amides is 6. The van der Waals surface area contributed by atoms with E-state index in [0.717, 1.165) is 75.5 Å². The van der Waals surface area contributed by atoms with E-state index in [1.807, 2.05) is 213 Å². The maximum absolute atomic E-state index is 13.8. The highest BCUT2D eigenvalue weighted by Gasteiger charge is 2.25. The highest BCUT2D eigenvalue weighted by atomic mass is 35.5. The van der Waals surface area contributed by atoms with Crippen LogP contribution in [0.2, 0.25) is 5.02 Å². The van der Waals surface area contributed by atoms with Crippen LogP contribution in [0.15, 0.2) is 419 Å². The third kappa shape index (κ3) is 36.1. The predicted molar refractivity (Wildman–Crippen MR) is 565 cm³/mol. The van der Waals surface area contributed by atoms with Gasteiger partial charge in [-0.3, -0.25) is 58.7 Å². The molecule has 0 unspecified atom stereocenters. The molecule has 0 atom stereocenters. The Labute approximate surface area is 866 Å². The van der Waals surface area contributed by atoms with Gasteiger partial charge < -0.3 is 60.3 Å². The first kappa shape index (κ1) is 108. The number of benzene rings is 12. The molecule has 0 radical (unpaired) electrons. The van der Waals surface area contributed by atoms with E-state index < -0.39 is 41.1 Å². The van der Waals surface area contributed by atoms with Gasteiger partial charge in [-0.25, -0.2) is 26.3 Å². The number of aryl methyl sites for hydroxylation is 3. The van der Waals surface area contributed by atoms with Crippen molar-refractivity contribution in [2.24, 2.45) is 0 Å². The molecular formula is C119H99ClF6N12O12. The summed E-state index contributed by atoms with van der Waals surface area (Å²) in [6.07, 6.45) is 8.81. The summed E-state index contributed by atoms with van der Waals surface area (Å²) in [5.41, 5.74) is 11.1. The van der Waals surface area contributed by atoms with Gasteiger partial charge in [-0.05, 0) is 262 Å². The quantitative estimate of drug-likeness (QED) is 0.0220. The van der Waals surface area contributed by atoms with Crippen molar-refractivity contribution in [1.82, 2.24) is 29.9 Å². The van der Waals surface area contributed by atoms with Gasteiger partial charge in [-0.15, -0.1) is 0 Å². The molecule has 6 heterocycles. The number of anilines is 6. The number of aromatic nitrogens is 6. The first-order valence-electron chi connectivity index (χ1n) is 46.6. The first-order valence-corrected chi connectivity index (χ1v) is 47.0. The molecule has 6 aromatic heterocycles. The Hall–Kier alpha value is -19.0. The zero-order chi connectivity index (χ0) is 106. The summed E-state index contributed by atoms with van der Waals surface area (Å²) in [4.78, 5) is 98.5. The van der Waals surface area contributed by atoms with Crippen LogP contribution in [-0.4, -0.2) is 65.3 Å². The maximum Gasteiger partial charge on any atom is 0.270 e. The molecule has 0 saturated heterocycles. The Morgan fingerprint density at radius 1 is 0.260 bits per heavy atom. The second kappa shape index (κ2) is 55.8. The van der Waals surface area contributed by atoms with E-state index in [4.69, 9.17) is 40.0 Å². The van der Waals surface area contributed by atoms with Crippen LogP contribution in [0, 0.1) is 44.0 Å². The zero-order valence-corrected chi connectivity index (χ0v) is 82.1. The van der Waals surface area contributed by atoms with Crippen molar-refractivity contribution in [3.05, 3.63) is 537 Å². The summed E-state index contributed by atoms with van der Waals surface area (Å²) < 4.78 is 114.